The summed E-state index contributed by atoms with van der Waals surface area (Å²) in [5.41, 5.74) is -0.0497. The number of fused-ring (bicyclic) bond motifs is 5. The van der Waals surface area contributed by atoms with E-state index < -0.39 is 23.0 Å². The summed E-state index contributed by atoms with van der Waals surface area (Å²) in [6.07, 6.45) is 2.40. The molecule has 0 bridgehead atoms. The van der Waals surface area contributed by atoms with Gasteiger partial charge in [-0.3, -0.25) is 23.5 Å². The van der Waals surface area contributed by atoms with E-state index in [1.807, 2.05) is 4.57 Å². The molecular formula is C26H24ClFN6O4. The highest BCUT2D eigenvalue weighted by Gasteiger charge is 2.41. The van der Waals surface area contributed by atoms with Gasteiger partial charge in [-0.2, -0.15) is 4.98 Å². The lowest BCUT2D eigenvalue weighted by molar-refractivity contribution is -0.144. The Hall–Kier alpha value is -3.99. The maximum Gasteiger partial charge on any atom is 0.297 e. The van der Waals surface area contributed by atoms with Crippen molar-refractivity contribution in [2.24, 2.45) is 0 Å². The molecule has 0 unspecified atom stereocenters. The van der Waals surface area contributed by atoms with E-state index in [9.17, 15) is 18.8 Å². The fourth-order valence-electron chi connectivity index (χ4n) is 4.93. The molecule has 1 fully saturated rings. The number of rotatable bonds is 5. The summed E-state index contributed by atoms with van der Waals surface area (Å²) in [6, 6.07) is 8.86. The number of carbonyl (C=O) groups excluding carboxylic acids is 2. The van der Waals surface area contributed by atoms with E-state index >= 15 is 0 Å². The van der Waals surface area contributed by atoms with Gasteiger partial charge in [0.25, 0.3) is 17.5 Å². The molecular weight excluding hydrogens is 515 g/mol. The average Bonchev–Trinajstić information content (AvgIpc) is 3.27. The van der Waals surface area contributed by atoms with Crippen LogP contribution in [-0.2, 0) is 24.4 Å². The molecule has 196 valence electrons. The molecule has 1 N–H and O–H groups in total. The first-order chi connectivity index (χ1) is 18.2. The van der Waals surface area contributed by atoms with Gasteiger partial charge in [0.2, 0.25) is 5.91 Å². The van der Waals surface area contributed by atoms with Gasteiger partial charge in [0, 0.05) is 23.5 Å². The fraction of sp³-hybridized carbons (Fsp3) is 0.346. The van der Waals surface area contributed by atoms with Gasteiger partial charge in [0.05, 0.1) is 31.4 Å². The third-order valence-corrected chi connectivity index (χ3v) is 7.10. The fourth-order valence-corrected chi connectivity index (χ4v) is 5.06. The highest BCUT2D eigenvalue weighted by atomic mass is 35.5. The largest absolute Gasteiger partial charge is 0.465 e. The number of ether oxygens (including phenoxy) is 1. The Labute approximate surface area is 221 Å². The van der Waals surface area contributed by atoms with Crippen LogP contribution in [-0.4, -0.2) is 61.2 Å². The quantitative estimate of drug-likeness (QED) is 0.418. The minimum absolute atomic E-state index is 0.0530. The van der Waals surface area contributed by atoms with Crippen molar-refractivity contribution in [2.45, 2.75) is 38.6 Å². The molecule has 12 heteroatoms. The van der Waals surface area contributed by atoms with E-state index in [1.54, 1.807) is 30.5 Å². The van der Waals surface area contributed by atoms with E-state index in [4.69, 9.17) is 16.3 Å². The van der Waals surface area contributed by atoms with E-state index in [-0.39, 0.29) is 37.4 Å². The van der Waals surface area contributed by atoms with Crippen LogP contribution in [0.5, 0.6) is 6.01 Å². The lowest BCUT2D eigenvalue weighted by Crippen LogP contribution is -2.60. The number of pyridine rings is 2. The number of aromatic nitrogens is 4. The Morgan fingerprint density at radius 2 is 2.00 bits per heavy atom. The lowest BCUT2D eigenvalue weighted by Gasteiger charge is -2.42. The Balaban J connectivity index is 1.43. The van der Waals surface area contributed by atoms with Crippen molar-refractivity contribution in [1.82, 2.24) is 29.3 Å². The number of halogens is 2. The van der Waals surface area contributed by atoms with Crippen LogP contribution in [0, 0.1) is 0 Å². The van der Waals surface area contributed by atoms with Crippen molar-refractivity contribution in [3.8, 4) is 6.01 Å². The minimum Gasteiger partial charge on any atom is -0.465 e. The number of likely N-dealkylation sites (tertiary alicyclic amines) is 1. The first-order valence-electron chi connectivity index (χ1n) is 12.3. The molecule has 6 rings (SSSR count). The van der Waals surface area contributed by atoms with Crippen LogP contribution in [0.3, 0.4) is 0 Å². The Morgan fingerprint density at radius 1 is 1.24 bits per heavy atom. The standard InChI is InChI=1S/C26H24ClFN6O4/c1-26(28)13-32(14-26)20(35)12-34-22-17(21-19(11-29-22)33-7-2-8-38-25(33)31-21)9-18(24(34)37)23(36)30-10-15-3-5-16(27)6-4-15/h3-6,9,11H,2,7-8,10,12-14H2,1H3,(H,30,36). The van der Waals surface area contributed by atoms with Crippen molar-refractivity contribution in [3.63, 3.8) is 0 Å². The molecule has 2 aliphatic rings. The normalized spacial score (nSPS) is 16.1. The van der Waals surface area contributed by atoms with Crippen molar-refractivity contribution in [1.29, 1.82) is 0 Å². The van der Waals surface area contributed by atoms with Crippen LogP contribution >= 0.6 is 11.6 Å². The summed E-state index contributed by atoms with van der Waals surface area (Å²) in [6.45, 7) is 2.34. The first kappa shape index (κ1) is 24.4. The second-order valence-corrected chi connectivity index (χ2v) is 10.3. The van der Waals surface area contributed by atoms with Crippen LogP contribution in [0.2, 0.25) is 5.02 Å². The Morgan fingerprint density at radius 3 is 2.74 bits per heavy atom. The Kier molecular flexibility index (Phi) is 5.82. The number of aryl methyl sites for hydroxylation is 1. The zero-order chi connectivity index (χ0) is 26.6. The van der Waals surface area contributed by atoms with Gasteiger partial charge in [0.15, 0.2) is 0 Å². The van der Waals surface area contributed by atoms with E-state index in [0.717, 1.165) is 12.0 Å². The zero-order valence-corrected chi connectivity index (χ0v) is 21.3. The third kappa shape index (κ3) is 4.26. The molecule has 0 saturated carbocycles. The molecule has 0 spiro atoms. The zero-order valence-electron chi connectivity index (χ0n) is 20.5. The number of benzene rings is 1. The van der Waals surface area contributed by atoms with Gasteiger partial charge < -0.3 is 15.0 Å². The molecule has 1 aromatic carbocycles. The smallest absolute Gasteiger partial charge is 0.297 e. The van der Waals surface area contributed by atoms with Gasteiger partial charge in [-0.15, -0.1) is 0 Å². The molecule has 10 nitrogen and oxygen atoms in total. The van der Waals surface area contributed by atoms with Gasteiger partial charge in [-0.05, 0) is 37.1 Å². The maximum atomic E-state index is 14.0. The van der Waals surface area contributed by atoms with E-state index in [2.05, 4.69) is 15.3 Å². The summed E-state index contributed by atoms with van der Waals surface area (Å²) >= 11 is 5.94. The summed E-state index contributed by atoms with van der Waals surface area (Å²) < 4.78 is 22.8. The van der Waals surface area contributed by atoms with Crippen LogP contribution in [0.15, 0.2) is 41.3 Å². The second kappa shape index (κ2) is 9.09. The van der Waals surface area contributed by atoms with Crippen molar-refractivity contribution in [2.75, 3.05) is 19.7 Å². The van der Waals surface area contributed by atoms with Crippen molar-refractivity contribution in [3.05, 3.63) is 63.0 Å². The third-order valence-electron chi connectivity index (χ3n) is 6.85. The molecule has 4 aromatic rings. The molecule has 0 atom stereocenters. The van der Waals surface area contributed by atoms with Crippen LogP contribution in [0.25, 0.3) is 22.1 Å². The predicted molar refractivity (Wildman–Crippen MR) is 138 cm³/mol. The number of nitrogens with zero attached hydrogens (tertiary/aromatic N) is 5. The number of alkyl halides is 1. The molecule has 3 aromatic heterocycles. The highest BCUT2D eigenvalue weighted by molar-refractivity contribution is 6.30. The lowest BCUT2D eigenvalue weighted by atomic mass is 9.99. The number of hydrogen-bond acceptors (Lipinski definition) is 6. The minimum atomic E-state index is -1.45. The highest BCUT2D eigenvalue weighted by Crippen LogP contribution is 2.30. The molecule has 2 amide bonds. The van der Waals surface area contributed by atoms with Crippen molar-refractivity contribution >= 4 is 45.5 Å². The first-order valence-corrected chi connectivity index (χ1v) is 12.6. The van der Waals surface area contributed by atoms with E-state index in [0.29, 0.717) is 40.6 Å². The van der Waals surface area contributed by atoms with E-state index in [1.165, 1.54) is 22.5 Å². The molecule has 0 radical (unpaired) electrons. The predicted octanol–water partition coefficient (Wildman–Crippen LogP) is 2.68. The molecule has 1 saturated heterocycles. The van der Waals surface area contributed by atoms with Gasteiger partial charge in [-0.25, -0.2) is 9.37 Å². The number of nitrogens with one attached hydrogen (secondary N) is 1. The summed E-state index contributed by atoms with van der Waals surface area (Å²) in [4.78, 5) is 50.2. The van der Waals surface area contributed by atoms with Crippen LogP contribution in [0.1, 0.15) is 29.3 Å². The molecule has 38 heavy (non-hydrogen) atoms. The maximum absolute atomic E-state index is 14.0. The van der Waals surface area contributed by atoms with Crippen molar-refractivity contribution < 1.29 is 18.7 Å². The topological polar surface area (TPSA) is 111 Å². The van der Waals surface area contributed by atoms with Gasteiger partial charge >= 0.3 is 0 Å². The molecule has 0 aliphatic carbocycles. The van der Waals surface area contributed by atoms with Gasteiger partial charge in [0.1, 0.15) is 28.9 Å². The summed E-state index contributed by atoms with van der Waals surface area (Å²) in [7, 11) is 0. The molecule has 5 heterocycles. The second-order valence-electron chi connectivity index (χ2n) is 9.90. The Bertz CT molecular complexity index is 1650. The number of imidazole rings is 1. The monoisotopic (exact) mass is 538 g/mol. The number of hydrogen-bond donors (Lipinski definition) is 1. The number of carbonyl (C=O) groups is 2. The summed E-state index contributed by atoms with van der Waals surface area (Å²) in [5.74, 6) is -1.04. The van der Waals surface area contributed by atoms with Gasteiger partial charge in [-0.1, -0.05) is 23.7 Å². The van der Waals surface area contributed by atoms with Crippen LogP contribution < -0.4 is 15.6 Å². The summed E-state index contributed by atoms with van der Waals surface area (Å²) in [5, 5.41) is 3.77. The average molecular weight is 539 g/mol. The number of amides is 2. The molecule has 2 aliphatic heterocycles. The SMILES string of the molecule is CC1(F)CN(C(=O)Cn2c(=O)c(C(=O)NCc3ccc(Cl)cc3)cc3c4nc5n(c4cnc32)CCCO5)C1. The van der Waals surface area contributed by atoms with Crippen LogP contribution in [0.4, 0.5) is 4.39 Å².